The summed E-state index contributed by atoms with van der Waals surface area (Å²) in [4.78, 5) is 34.5. The number of amides is 2. The van der Waals surface area contributed by atoms with Crippen LogP contribution in [0.3, 0.4) is 0 Å². The fraction of sp³-hybridized carbons (Fsp3) is 0.333. The van der Waals surface area contributed by atoms with E-state index in [0.29, 0.717) is 31.3 Å². The number of rotatable bonds is 7. The molecule has 2 aliphatic heterocycles. The van der Waals surface area contributed by atoms with Crippen molar-refractivity contribution in [2.24, 2.45) is 0 Å². The lowest BCUT2D eigenvalue weighted by Crippen LogP contribution is -2.50. The smallest absolute Gasteiger partial charge is 0.423 e. The van der Waals surface area contributed by atoms with Crippen LogP contribution in [0.2, 0.25) is 0 Å². The molecule has 0 bridgehead atoms. The Morgan fingerprint density at radius 3 is 2.73 bits per heavy atom. The summed E-state index contributed by atoms with van der Waals surface area (Å²) in [5.74, 6) is -1.84. The fourth-order valence-corrected chi connectivity index (χ4v) is 4.65. The average molecular weight is 575 g/mol. The molecule has 41 heavy (non-hydrogen) atoms. The molecule has 216 valence electrons. The van der Waals surface area contributed by atoms with Crippen LogP contribution in [-0.4, -0.2) is 66.1 Å². The predicted octanol–water partition coefficient (Wildman–Crippen LogP) is 4.06. The molecule has 0 spiro atoms. The Balaban J connectivity index is 1.41. The van der Waals surface area contributed by atoms with Crippen LogP contribution in [0.25, 0.3) is 0 Å². The molecule has 3 N–H and O–H groups in total. The van der Waals surface area contributed by atoms with Gasteiger partial charge in [-0.3, -0.25) is 9.59 Å². The Bertz CT molecular complexity index is 1480. The topological polar surface area (TPSA) is 118 Å². The van der Waals surface area contributed by atoms with Gasteiger partial charge in [0.1, 0.15) is 23.2 Å². The number of nitrogens with zero attached hydrogens (tertiary/aromatic N) is 3. The fourth-order valence-electron chi connectivity index (χ4n) is 4.65. The van der Waals surface area contributed by atoms with Gasteiger partial charge in [-0.15, -0.1) is 0 Å². The Hall–Kier alpha value is -4.46. The van der Waals surface area contributed by atoms with Crippen molar-refractivity contribution in [3.63, 3.8) is 0 Å². The van der Waals surface area contributed by atoms with E-state index in [0.717, 1.165) is 0 Å². The number of anilines is 2. The summed E-state index contributed by atoms with van der Waals surface area (Å²) in [6.07, 6.45) is -5.05. The molecule has 2 aromatic carbocycles. The minimum Gasteiger partial charge on any atom is -0.495 e. The Labute approximate surface area is 232 Å². The summed E-state index contributed by atoms with van der Waals surface area (Å²) in [5, 5.41) is 8.37. The van der Waals surface area contributed by atoms with E-state index in [9.17, 15) is 27.2 Å². The largest absolute Gasteiger partial charge is 0.495 e. The van der Waals surface area contributed by atoms with Gasteiger partial charge in [0, 0.05) is 31.9 Å². The predicted molar refractivity (Wildman–Crippen MR) is 139 cm³/mol. The van der Waals surface area contributed by atoms with Crippen molar-refractivity contribution in [2.45, 2.75) is 31.4 Å². The number of fused-ring (bicyclic) bond motifs is 1. The number of halogens is 4. The van der Waals surface area contributed by atoms with Crippen LogP contribution in [-0.2, 0) is 12.7 Å². The minimum atomic E-state index is -4.84. The standard InChI is InChI=1S/C27H26F4N6O4/c1-37-13-15-4-3-5-20(22(15)25(37)39)41-24-16(27(29,30)31)11-33-26(36-24)35-19-7-6-14(10-21(19)40-2)23(38)34-18-8-9-32-12-17(18)28/h3-7,10-11,17-18,32H,8-9,12-13H2,1-2H3,(H,34,38)(H,33,35,36)/t17-,18+/m1/s1. The quantitative estimate of drug-likeness (QED) is 0.362. The lowest BCUT2D eigenvalue weighted by Gasteiger charge is -2.27. The van der Waals surface area contributed by atoms with Crippen LogP contribution in [0.4, 0.5) is 29.2 Å². The molecule has 0 unspecified atom stereocenters. The van der Waals surface area contributed by atoms with E-state index in [1.54, 1.807) is 19.2 Å². The minimum absolute atomic E-state index is 0.0655. The first kappa shape index (κ1) is 28.1. The molecule has 3 heterocycles. The highest BCUT2D eigenvalue weighted by atomic mass is 19.4. The second kappa shape index (κ2) is 11.2. The molecule has 1 saturated heterocycles. The Morgan fingerprint density at radius 1 is 1.20 bits per heavy atom. The van der Waals surface area contributed by atoms with Crippen molar-refractivity contribution in [1.29, 1.82) is 0 Å². The van der Waals surface area contributed by atoms with E-state index in [-0.39, 0.29) is 46.7 Å². The number of methoxy groups -OCH3 is 1. The van der Waals surface area contributed by atoms with E-state index in [1.165, 1.54) is 36.3 Å². The molecule has 10 nitrogen and oxygen atoms in total. The van der Waals surface area contributed by atoms with E-state index < -0.39 is 35.7 Å². The summed E-state index contributed by atoms with van der Waals surface area (Å²) in [6.45, 7) is 1.03. The maximum absolute atomic E-state index is 14.1. The van der Waals surface area contributed by atoms with Crippen LogP contribution in [0, 0.1) is 0 Å². The number of carbonyl (C=O) groups excluding carboxylic acids is 2. The van der Waals surface area contributed by atoms with Gasteiger partial charge in [-0.2, -0.15) is 18.2 Å². The Kier molecular flexibility index (Phi) is 7.67. The van der Waals surface area contributed by atoms with Crippen molar-refractivity contribution in [1.82, 2.24) is 25.5 Å². The van der Waals surface area contributed by atoms with Gasteiger partial charge in [0.05, 0.1) is 24.4 Å². The molecule has 1 aromatic heterocycles. The van der Waals surface area contributed by atoms with Crippen LogP contribution >= 0.6 is 0 Å². The van der Waals surface area contributed by atoms with Crippen LogP contribution in [0.15, 0.2) is 42.6 Å². The molecule has 3 aromatic rings. The molecular weight excluding hydrogens is 548 g/mol. The second-order valence-electron chi connectivity index (χ2n) is 9.59. The zero-order chi connectivity index (χ0) is 29.3. The van der Waals surface area contributed by atoms with Gasteiger partial charge in [-0.25, -0.2) is 9.37 Å². The van der Waals surface area contributed by atoms with Gasteiger partial charge in [-0.1, -0.05) is 12.1 Å². The molecule has 0 radical (unpaired) electrons. The highest BCUT2D eigenvalue weighted by Gasteiger charge is 2.37. The van der Waals surface area contributed by atoms with Crippen molar-refractivity contribution in [3.05, 3.63) is 64.8 Å². The molecule has 0 aliphatic carbocycles. The number of benzene rings is 2. The molecule has 2 aliphatic rings. The van der Waals surface area contributed by atoms with E-state index in [1.807, 2.05) is 0 Å². The summed E-state index contributed by atoms with van der Waals surface area (Å²) in [5.41, 5.74) is -0.00894. The lowest BCUT2D eigenvalue weighted by molar-refractivity contribution is -0.139. The first-order valence-electron chi connectivity index (χ1n) is 12.6. The van der Waals surface area contributed by atoms with Crippen molar-refractivity contribution in [2.75, 3.05) is 32.6 Å². The zero-order valence-electron chi connectivity index (χ0n) is 22.0. The highest BCUT2D eigenvalue weighted by molar-refractivity contribution is 6.01. The first-order valence-corrected chi connectivity index (χ1v) is 12.6. The third kappa shape index (κ3) is 5.87. The van der Waals surface area contributed by atoms with Crippen LogP contribution < -0.4 is 25.4 Å². The maximum atomic E-state index is 14.1. The summed E-state index contributed by atoms with van der Waals surface area (Å²) < 4.78 is 66.5. The molecule has 0 saturated carbocycles. The van der Waals surface area contributed by atoms with Crippen LogP contribution in [0.1, 0.15) is 38.3 Å². The van der Waals surface area contributed by atoms with Gasteiger partial charge in [-0.05, 0) is 42.8 Å². The normalized spacial score (nSPS) is 18.6. The van der Waals surface area contributed by atoms with Crippen molar-refractivity contribution in [3.8, 4) is 17.4 Å². The molecule has 1 fully saturated rings. The summed E-state index contributed by atoms with van der Waals surface area (Å²) >= 11 is 0. The molecular formula is C27H26F4N6O4. The monoisotopic (exact) mass is 574 g/mol. The lowest BCUT2D eigenvalue weighted by atomic mass is 10.0. The zero-order valence-corrected chi connectivity index (χ0v) is 22.0. The highest BCUT2D eigenvalue weighted by Crippen LogP contribution is 2.40. The first-order chi connectivity index (χ1) is 19.5. The van der Waals surface area contributed by atoms with E-state index >= 15 is 0 Å². The molecule has 2 atom stereocenters. The second-order valence-corrected chi connectivity index (χ2v) is 9.59. The third-order valence-corrected chi connectivity index (χ3v) is 6.78. The number of carbonyl (C=O) groups is 2. The van der Waals surface area contributed by atoms with Crippen LogP contribution in [0.5, 0.6) is 17.4 Å². The number of hydrogen-bond acceptors (Lipinski definition) is 8. The number of hydrogen-bond donors (Lipinski definition) is 3. The van der Waals surface area contributed by atoms with E-state index in [2.05, 4.69) is 25.9 Å². The number of piperidine rings is 1. The van der Waals surface area contributed by atoms with Gasteiger partial charge >= 0.3 is 6.18 Å². The molecule has 2 amide bonds. The summed E-state index contributed by atoms with van der Waals surface area (Å²) in [7, 11) is 2.92. The maximum Gasteiger partial charge on any atom is 0.423 e. The van der Waals surface area contributed by atoms with E-state index in [4.69, 9.17) is 9.47 Å². The number of alkyl halides is 4. The molecule has 5 rings (SSSR count). The van der Waals surface area contributed by atoms with Crippen molar-refractivity contribution >= 4 is 23.5 Å². The number of aromatic nitrogens is 2. The van der Waals surface area contributed by atoms with Gasteiger partial charge in [0.15, 0.2) is 0 Å². The third-order valence-electron chi connectivity index (χ3n) is 6.78. The van der Waals surface area contributed by atoms with Gasteiger partial charge < -0.3 is 30.3 Å². The number of ether oxygens (including phenoxy) is 2. The summed E-state index contributed by atoms with van der Waals surface area (Å²) in [6, 6.07) is 8.35. The SMILES string of the molecule is COc1cc(C(=O)N[C@H]2CCNC[C@H]2F)ccc1Nc1ncc(C(F)(F)F)c(Oc2cccc3c2C(=O)N(C)C3)n1. The van der Waals surface area contributed by atoms with Gasteiger partial charge in [0.2, 0.25) is 11.8 Å². The van der Waals surface area contributed by atoms with Gasteiger partial charge in [0.25, 0.3) is 11.8 Å². The number of nitrogens with one attached hydrogen (secondary N) is 3. The average Bonchev–Trinajstić information content (AvgIpc) is 3.23. The molecule has 14 heteroatoms. The van der Waals surface area contributed by atoms with Crippen molar-refractivity contribution < 1.29 is 36.6 Å². The Morgan fingerprint density at radius 2 is 2.00 bits per heavy atom.